The molecule has 8 aromatic carbocycles. The molecule has 0 heterocycles. The summed E-state index contributed by atoms with van der Waals surface area (Å²) in [6.07, 6.45) is 0. The predicted molar refractivity (Wildman–Crippen MR) is 332 cm³/mol. The summed E-state index contributed by atoms with van der Waals surface area (Å²) in [5.41, 5.74) is 21.8. The van der Waals surface area contributed by atoms with Crippen LogP contribution in [0.1, 0.15) is 198 Å². The van der Waals surface area contributed by atoms with Crippen molar-refractivity contribution in [2.45, 2.75) is 170 Å². The van der Waals surface area contributed by atoms with E-state index in [9.17, 15) is 5.48 Å². The van der Waals surface area contributed by atoms with Crippen LogP contribution in [0.4, 0.5) is 22.7 Å². The smallest absolute Gasteiger partial charge is 0.0457 e. The van der Waals surface area contributed by atoms with E-state index in [2.05, 4.69) is 237 Å². The minimum atomic E-state index is -0.849. The van der Waals surface area contributed by atoms with Crippen LogP contribution in [0.3, 0.4) is 0 Å². The maximum atomic E-state index is 9.47. The third kappa shape index (κ3) is 9.65. The average Bonchev–Trinajstić information content (AvgIpc) is 3.90. The van der Waals surface area contributed by atoms with E-state index in [0.29, 0.717) is 0 Å². The van der Waals surface area contributed by atoms with Crippen molar-refractivity contribution in [3.8, 4) is 44.5 Å². The second kappa shape index (κ2) is 20.4. The van der Waals surface area contributed by atoms with Crippen LogP contribution in [0, 0.1) is 0 Å². The van der Waals surface area contributed by atoms with E-state index < -0.39 is 23.6 Å². The highest BCUT2D eigenvalue weighted by molar-refractivity contribution is 5.91. The molecule has 2 aliphatic carbocycles. The molecule has 0 aliphatic heterocycles. The Labute approximate surface area is 464 Å². The van der Waals surface area contributed by atoms with E-state index in [1.165, 1.54) is 44.5 Å². The zero-order valence-corrected chi connectivity index (χ0v) is 49.1. The molecule has 76 heavy (non-hydrogen) atoms. The monoisotopic (exact) mass is 1010 g/mol. The maximum Gasteiger partial charge on any atom is 0.0457 e. The van der Waals surface area contributed by atoms with Crippen LogP contribution in [0.2, 0.25) is 0 Å². The molecule has 0 fully saturated rings. The molecular formula is C74H86N2. The van der Waals surface area contributed by atoms with Gasteiger partial charge in [-0.3, -0.25) is 0 Å². The van der Waals surface area contributed by atoms with Gasteiger partial charge >= 0.3 is 0 Å². The van der Waals surface area contributed by atoms with Crippen molar-refractivity contribution in [3.05, 3.63) is 214 Å². The molecular weight excluding hydrogens is 917 g/mol. The Hall–Kier alpha value is -6.64. The minimum Gasteiger partial charge on any atom is -0.336 e. The lowest BCUT2D eigenvalue weighted by Crippen LogP contribution is -2.39. The molecule has 8 aromatic rings. The van der Waals surface area contributed by atoms with E-state index >= 15 is 0 Å². The Kier molecular flexibility index (Phi) is 13.1. The zero-order chi connectivity index (χ0) is 58.5. The Morgan fingerprint density at radius 2 is 0.658 bits per heavy atom. The van der Waals surface area contributed by atoms with Crippen molar-refractivity contribution in [1.29, 1.82) is 0 Å². The van der Waals surface area contributed by atoms with Crippen molar-refractivity contribution < 1.29 is 5.48 Å². The molecule has 10 rings (SSSR count). The highest BCUT2D eigenvalue weighted by Crippen LogP contribution is 2.57. The Morgan fingerprint density at radius 3 is 0.974 bits per heavy atom. The fourth-order valence-electron chi connectivity index (χ4n) is 12.5. The molecule has 0 saturated carbocycles. The first-order chi connectivity index (χ1) is 37.1. The lowest BCUT2D eigenvalue weighted by Gasteiger charge is -2.42. The molecule has 0 radical (unpaired) electrons. The molecule has 0 spiro atoms. The van der Waals surface area contributed by atoms with Crippen LogP contribution in [-0.2, 0) is 10.8 Å². The third-order valence-electron chi connectivity index (χ3n) is 16.0. The SMILES string of the molecule is [2H]C(C)(C)c1cc(-c2ccccc2)ccc1N(c1ccc2c(c1C([2H])(C)C)-c1ccccc1C2(C)C)C(C)(C)C.[2H]C(C)(C)c1cc(-c2ccccc2)ccc1N(c1ccc2c(c1C([2H])(C)C)-c1ccccc1C2(C)C)C(C)(C)C. The molecule has 392 valence electrons. The number of hydrogen-bond donors (Lipinski definition) is 0. The van der Waals surface area contributed by atoms with E-state index in [-0.39, 0.29) is 21.9 Å². The van der Waals surface area contributed by atoms with Gasteiger partial charge in [0.05, 0.1) is 0 Å². The Bertz CT molecular complexity index is 3360. The highest BCUT2D eigenvalue weighted by atomic mass is 15.2. The summed E-state index contributed by atoms with van der Waals surface area (Å²) in [5, 5.41) is 0. The van der Waals surface area contributed by atoms with Crippen LogP contribution in [0.25, 0.3) is 44.5 Å². The first-order valence-electron chi connectivity index (χ1n) is 29.6. The lowest BCUT2D eigenvalue weighted by molar-refractivity contribution is 0.554. The molecule has 0 amide bonds. The van der Waals surface area contributed by atoms with Gasteiger partial charge in [0.15, 0.2) is 0 Å². The number of fused-ring (bicyclic) bond motifs is 6. The fourth-order valence-corrected chi connectivity index (χ4v) is 12.5. The molecule has 2 nitrogen and oxygen atoms in total. The van der Waals surface area contributed by atoms with E-state index in [1.54, 1.807) is 0 Å². The number of anilines is 4. The lowest BCUT2D eigenvalue weighted by atomic mass is 9.81. The maximum absolute atomic E-state index is 9.47. The Morgan fingerprint density at radius 1 is 0.342 bits per heavy atom. The van der Waals surface area contributed by atoms with Gasteiger partial charge < -0.3 is 9.80 Å². The number of hydrogen-bond acceptors (Lipinski definition) is 2. The normalized spacial score (nSPS) is 15.4. The van der Waals surface area contributed by atoms with Crippen LogP contribution in [0.15, 0.2) is 170 Å². The van der Waals surface area contributed by atoms with Gasteiger partial charge in [-0.05, 0) is 191 Å². The molecule has 0 aromatic heterocycles. The topological polar surface area (TPSA) is 6.48 Å². The minimum absolute atomic E-state index is 0.136. The van der Waals surface area contributed by atoms with Gasteiger partial charge in [0.25, 0.3) is 0 Å². The standard InChI is InChI=1S/2C37H43N/c2*1-24(2)29-23-27(26-15-11-10-12-16-26)19-21-32(29)38(36(5,6)7)33-22-20-31-35(34(33)25(3)4)28-17-13-14-18-30(28)37(31,8)9/h2*10-25H,1-9H3/i2*24D,25D. The van der Waals surface area contributed by atoms with Gasteiger partial charge in [-0.2, -0.15) is 0 Å². The average molecular weight is 1010 g/mol. The first-order valence-corrected chi connectivity index (χ1v) is 27.6. The molecule has 0 atom stereocenters. The van der Waals surface area contributed by atoms with Gasteiger partial charge in [0.2, 0.25) is 0 Å². The summed E-state index contributed by atoms with van der Waals surface area (Å²) < 4.78 is 37.4. The number of rotatable bonds is 10. The molecule has 0 bridgehead atoms. The summed E-state index contributed by atoms with van der Waals surface area (Å²) in [6, 6.07) is 60.3. The number of benzene rings is 8. The van der Waals surface area contributed by atoms with Crippen LogP contribution in [-0.4, -0.2) is 11.1 Å². The summed E-state index contributed by atoms with van der Waals surface area (Å²) >= 11 is 0. The molecule has 2 aliphatic rings. The van der Waals surface area contributed by atoms with Crippen LogP contribution in [0.5, 0.6) is 0 Å². The van der Waals surface area contributed by atoms with E-state index in [1.807, 2.05) is 67.5 Å². The highest BCUT2D eigenvalue weighted by Gasteiger charge is 2.41. The second-order valence-electron chi connectivity index (χ2n) is 25.3. The largest absolute Gasteiger partial charge is 0.336 e. The fraction of sp³-hybridized carbons (Fsp3) is 0.351. The Balaban J connectivity index is 0.000000194. The quantitative estimate of drug-likeness (QED) is 0.135. The molecule has 0 unspecified atom stereocenters. The summed E-state index contributed by atoms with van der Waals surface area (Å²) in [5.74, 6) is -3.35. The summed E-state index contributed by atoms with van der Waals surface area (Å²) in [4.78, 5) is 4.76. The van der Waals surface area contributed by atoms with Gasteiger partial charge in [0.1, 0.15) is 0 Å². The first kappa shape index (κ1) is 49.0. The van der Waals surface area contributed by atoms with Gasteiger partial charge in [0, 0.05) is 50.1 Å². The predicted octanol–water partition coefficient (Wildman–Crippen LogP) is 21.7. The summed E-state index contributed by atoms with van der Waals surface area (Å²) in [6.45, 7) is 38.5. The van der Waals surface area contributed by atoms with Gasteiger partial charge in [-0.25, -0.2) is 0 Å². The summed E-state index contributed by atoms with van der Waals surface area (Å²) in [7, 11) is 0. The molecule has 0 N–H and O–H groups in total. The van der Waals surface area contributed by atoms with Crippen molar-refractivity contribution in [2.24, 2.45) is 0 Å². The zero-order valence-electron chi connectivity index (χ0n) is 53.1. The number of nitrogens with zero attached hydrogens (tertiary/aromatic N) is 2. The van der Waals surface area contributed by atoms with E-state index in [0.717, 1.165) is 67.3 Å². The van der Waals surface area contributed by atoms with Gasteiger partial charge in [-0.1, -0.05) is 217 Å². The van der Waals surface area contributed by atoms with Crippen LogP contribution >= 0.6 is 0 Å². The van der Waals surface area contributed by atoms with Crippen molar-refractivity contribution in [2.75, 3.05) is 9.80 Å². The van der Waals surface area contributed by atoms with Crippen molar-refractivity contribution >= 4 is 22.7 Å². The van der Waals surface area contributed by atoms with Crippen LogP contribution < -0.4 is 9.80 Å². The van der Waals surface area contributed by atoms with Gasteiger partial charge in [-0.15, -0.1) is 0 Å². The van der Waals surface area contributed by atoms with Crippen molar-refractivity contribution in [3.63, 3.8) is 0 Å². The molecule has 0 saturated heterocycles. The van der Waals surface area contributed by atoms with Crippen molar-refractivity contribution in [1.82, 2.24) is 0 Å². The van der Waals surface area contributed by atoms with E-state index in [4.69, 9.17) is 0 Å². The third-order valence-corrected chi connectivity index (χ3v) is 16.0. The molecule has 2 heteroatoms. The second-order valence-corrected chi connectivity index (χ2v) is 25.3.